The van der Waals surface area contributed by atoms with Crippen LogP contribution in [0.4, 0.5) is 10.5 Å². The van der Waals surface area contributed by atoms with Crippen LogP contribution in [0.25, 0.3) is 6.08 Å². The molecule has 1 saturated heterocycles. The molecule has 6 nitrogen and oxygen atoms in total. The average molecular weight is 433 g/mol. The highest BCUT2D eigenvalue weighted by Gasteiger charge is 2.37. The van der Waals surface area contributed by atoms with Crippen LogP contribution in [0.1, 0.15) is 24.5 Å². The molecule has 0 saturated carbocycles. The summed E-state index contributed by atoms with van der Waals surface area (Å²) in [5.74, 6) is -1.01. The number of barbiturate groups is 1. The zero-order valence-corrected chi connectivity index (χ0v) is 17.3. The van der Waals surface area contributed by atoms with Gasteiger partial charge in [-0.3, -0.25) is 14.9 Å². The van der Waals surface area contributed by atoms with E-state index in [0.29, 0.717) is 39.2 Å². The third kappa shape index (κ3) is 4.44. The Kier molecular flexibility index (Phi) is 6.25. The van der Waals surface area contributed by atoms with E-state index in [0.717, 1.165) is 11.3 Å². The van der Waals surface area contributed by atoms with Crippen molar-refractivity contribution in [1.29, 1.82) is 0 Å². The van der Waals surface area contributed by atoms with Gasteiger partial charge >= 0.3 is 6.03 Å². The summed E-state index contributed by atoms with van der Waals surface area (Å²) in [6.07, 6.45) is 2.22. The molecule has 1 heterocycles. The van der Waals surface area contributed by atoms with Crippen LogP contribution in [-0.2, 0) is 9.59 Å². The number of ether oxygens (including phenoxy) is 1. The molecule has 3 rings (SSSR count). The van der Waals surface area contributed by atoms with Gasteiger partial charge in [-0.2, -0.15) is 0 Å². The number of amides is 4. The SMILES string of the molecule is CCCOc1ccc(/C=C2\C(=O)NC(=O)N(c3cc(Cl)ccc3C)C2=O)cc1Cl. The van der Waals surface area contributed by atoms with Gasteiger partial charge in [-0.25, -0.2) is 9.69 Å². The van der Waals surface area contributed by atoms with Crippen molar-refractivity contribution in [2.45, 2.75) is 20.3 Å². The molecular weight excluding hydrogens is 415 g/mol. The average Bonchev–Trinajstić information content (AvgIpc) is 2.67. The molecule has 0 spiro atoms. The van der Waals surface area contributed by atoms with E-state index in [2.05, 4.69) is 5.32 Å². The first-order chi connectivity index (χ1) is 13.8. The van der Waals surface area contributed by atoms with Crippen molar-refractivity contribution in [3.05, 3.63) is 63.1 Å². The molecule has 0 radical (unpaired) electrons. The third-order valence-corrected chi connectivity index (χ3v) is 4.77. The minimum Gasteiger partial charge on any atom is -0.492 e. The van der Waals surface area contributed by atoms with Gasteiger partial charge in [0.1, 0.15) is 11.3 Å². The standard InChI is InChI=1S/C21H18Cl2N2O4/c1-3-8-29-18-7-5-13(10-16(18)23)9-15-19(26)24-21(28)25(20(15)27)17-11-14(22)6-4-12(17)2/h4-7,9-11H,3,8H2,1-2H3,(H,24,26,28)/b15-9+. The highest BCUT2D eigenvalue weighted by Crippen LogP contribution is 2.30. The van der Waals surface area contributed by atoms with E-state index in [1.54, 1.807) is 37.3 Å². The highest BCUT2D eigenvalue weighted by atomic mass is 35.5. The molecule has 0 atom stereocenters. The van der Waals surface area contributed by atoms with Gasteiger partial charge in [0.15, 0.2) is 0 Å². The third-order valence-electron chi connectivity index (χ3n) is 4.24. The Morgan fingerprint density at radius 2 is 1.86 bits per heavy atom. The Morgan fingerprint density at radius 3 is 2.55 bits per heavy atom. The number of urea groups is 1. The fourth-order valence-corrected chi connectivity index (χ4v) is 3.21. The van der Waals surface area contributed by atoms with Crippen LogP contribution >= 0.6 is 23.2 Å². The number of anilines is 1. The Balaban J connectivity index is 1.97. The van der Waals surface area contributed by atoms with Crippen LogP contribution in [0.3, 0.4) is 0 Å². The molecule has 2 aromatic carbocycles. The number of nitrogens with zero attached hydrogens (tertiary/aromatic N) is 1. The number of nitrogens with one attached hydrogen (secondary N) is 1. The minimum atomic E-state index is -0.830. The number of carbonyl (C=O) groups excluding carboxylic acids is 3. The minimum absolute atomic E-state index is 0.192. The lowest BCUT2D eigenvalue weighted by molar-refractivity contribution is -0.122. The molecule has 0 aliphatic carbocycles. The summed E-state index contributed by atoms with van der Waals surface area (Å²) in [6, 6.07) is 8.94. The zero-order valence-electron chi connectivity index (χ0n) is 15.8. The maximum absolute atomic E-state index is 13.0. The summed E-state index contributed by atoms with van der Waals surface area (Å²) >= 11 is 12.2. The monoisotopic (exact) mass is 432 g/mol. The van der Waals surface area contributed by atoms with Gasteiger partial charge < -0.3 is 4.74 Å². The van der Waals surface area contributed by atoms with E-state index >= 15 is 0 Å². The quantitative estimate of drug-likeness (QED) is 0.545. The lowest BCUT2D eigenvalue weighted by Crippen LogP contribution is -2.54. The largest absolute Gasteiger partial charge is 0.492 e. The molecule has 29 heavy (non-hydrogen) atoms. The number of halogens is 2. The fourth-order valence-electron chi connectivity index (χ4n) is 2.80. The van der Waals surface area contributed by atoms with Gasteiger partial charge in [0.25, 0.3) is 11.8 Å². The Morgan fingerprint density at radius 1 is 1.10 bits per heavy atom. The molecule has 1 N–H and O–H groups in total. The first kappa shape index (κ1) is 20.9. The summed E-state index contributed by atoms with van der Waals surface area (Å²) in [7, 11) is 0. The van der Waals surface area contributed by atoms with Gasteiger partial charge in [-0.05, 0) is 54.8 Å². The van der Waals surface area contributed by atoms with E-state index in [9.17, 15) is 14.4 Å². The first-order valence-electron chi connectivity index (χ1n) is 8.91. The first-order valence-corrected chi connectivity index (χ1v) is 9.67. The molecule has 0 unspecified atom stereocenters. The Hall–Kier alpha value is -2.83. The summed E-state index contributed by atoms with van der Waals surface area (Å²) in [6.45, 7) is 4.24. The molecule has 1 fully saturated rings. The number of aryl methyl sites for hydroxylation is 1. The van der Waals surface area contributed by atoms with E-state index in [1.165, 1.54) is 12.1 Å². The number of rotatable bonds is 5. The molecular formula is C21H18Cl2N2O4. The van der Waals surface area contributed by atoms with Crippen LogP contribution in [0.15, 0.2) is 42.0 Å². The van der Waals surface area contributed by atoms with Crippen molar-refractivity contribution in [2.24, 2.45) is 0 Å². The molecule has 8 heteroatoms. The van der Waals surface area contributed by atoms with Crippen molar-refractivity contribution >= 4 is 52.8 Å². The number of carbonyl (C=O) groups is 3. The van der Waals surface area contributed by atoms with Crippen LogP contribution in [0, 0.1) is 6.92 Å². The summed E-state index contributed by atoms with van der Waals surface area (Å²) in [5.41, 5.74) is 1.29. The zero-order chi connectivity index (χ0) is 21.1. The van der Waals surface area contributed by atoms with Gasteiger partial charge in [0.05, 0.1) is 17.3 Å². The lowest BCUT2D eigenvalue weighted by Gasteiger charge is -2.27. The van der Waals surface area contributed by atoms with Crippen LogP contribution < -0.4 is 15.0 Å². The topological polar surface area (TPSA) is 75.7 Å². The Bertz CT molecular complexity index is 1030. The van der Waals surface area contributed by atoms with Gasteiger partial charge in [-0.15, -0.1) is 0 Å². The van der Waals surface area contributed by atoms with E-state index in [1.807, 2.05) is 6.92 Å². The van der Waals surface area contributed by atoms with Gasteiger partial charge in [-0.1, -0.05) is 42.3 Å². The second-order valence-electron chi connectivity index (χ2n) is 6.43. The second kappa shape index (κ2) is 8.68. The fraction of sp³-hybridized carbons (Fsp3) is 0.190. The summed E-state index contributed by atoms with van der Waals surface area (Å²) in [5, 5.41) is 2.91. The van der Waals surface area contributed by atoms with Crippen LogP contribution in [-0.4, -0.2) is 24.5 Å². The van der Waals surface area contributed by atoms with Crippen molar-refractivity contribution in [2.75, 3.05) is 11.5 Å². The maximum atomic E-state index is 13.0. The van der Waals surface area contributed by atoms with Crippen LogP contribution in [0.5, 0.6) is 5.75 Å². The molecule has 0 bridgehead atoms. The molecule has 1 aliphatic rings. The van der Waals surface area contributed by atoms with E-state index in [4.69, 9.17) is 27.9 Å². The lowest BCUT2D eigenvalue weighted by atomic mass is 10.1. The number of benzene rings is 2. The molecule has 1 aliphatic heterocycles. The number of hydrogen-bond donors (Lipinski definition) is 1. The smallest absolute Gasteiger partial charge is 0.335 e. The summed E-state index contributed by atoms with van der Waals surface area (Å²) in [4.78, 5) is 38.5. The predicted octanol–water partition coefficient (Wildman–Crippen LogP) is 4.76. The summed E-state index contributed by atoms with van der Waals surface area (Å²) < 4.78 is 5.52. The van der Waals surface area contributed by atoms with Crippen molar-refractivity contribution in [3.63, 3.8) is 0 Å². The number of imide groups is 2. The Labute approximate surface area is 178 Å². The van der Waals surface area contributed by atoms with Crippen molar-refractivity contribution in [1.82, 2.24) is 5.32 Å². The van der Waals surface area contributed by atoms with E-state index in [-0.39, 0.29) is 5.57 Å². The molecule has 2 aromatic rings. The predicted molar refractivity (Wildman–Crippen MR) is 112 cm³/mol. The number of hydrogen-bond acceptors (Lipinski definition) is 4. The van der Waals surface area contributed by atoms with Crippen LogP contribution in [0.2, 0.25) is 10.0 Å². The maximum Gasteiger partial charge on any atom is 0.335 e. The van der Waals surface area contributed by atoms with E-state index < -0.39 is 17.8 Å². The normalized spacial score (nSPS) is 15.7. The van der Waals surface area contributed by atoms with Gasteiger partial charge in [0, 0.05) is 5.02 Å². The second-order valence-corrected chi connectivity index (χ2v) is 7.27. The molecule has 4 amide bonds. The molecule has 150 valence electrons. The van der Waals surface area contributed by atoms with Gasteiger partial charge in [0.2, 0.25) is 0 Å². The molecule has 0 aromatic heterocycles. The van der Waals surface area contributed by atoms with Crippen molar-refractivity contribution < 1.29 is 19.1 Å². The highest BCUT2D eigenvalue weighted by molar-refractivity contribution is 6.40. The van der Waals surface area contributed by atoms with Crippen molar-refractivity contribution in [3.8, 4) is 5.75 Å².